The maximum atomic E-state index is 5.00. The molecule has 0 radical (unpaired) electrons. The van der Waals surface area contributed by atoms with Gasteiger partial charge in [-0.2, -0.15) is 0 Å². The lowest BCUT2D eigenvalue weighted by atomic mass is 9.96. The van der Waals surface area contributed by atoms with E-state index in [1.165, 1.54) is 41.5 Å². The Hall–Kier alpha value is -0.860. The molecule has 0 fully saturated rings. The van der Waals surface area contributed by atoms with Gasteiger partial charge in [0.1, 0.15) is 0 Å². The normalized spacial score (nSPS) is 10.9. The summed E-state index contributed by atoms with van der Waals surface area (Å²) in [6.07, 6.45) is 3.69. The molecule has 0 bridgehead atoms. The van der Waals surface area contributed by atoms with Crippen molar-refractivity contribution in [2.45, 2.75) is 40.0 Å². The summed E-state index contributed by atoms with van der Waals surface area (Å²) in [6, 6.07) is 4.58. The number of rotatable bonds is 8. The van der Waals surface area contributed by atoms with Crippen molar-refractivity contribution in [1.29, 1.82) is 0 Å². The Bertz CT molecular complexity index is 337. The summed E-state index contributed by atoms with van der Waals surface area (Å²) in [5.74, 6) is 0. The van der Waals surface area contributed by atoms with Crippen LogP contribution in [0.2, 0.25) is 0 Å². The molecule has 0 saturated heterocycles. The summed E-state index contributed by atoms with van der Waals surface area (Å²) in [5.41, 5.74) is 5.80. The third-order valence-corrected chi connectivity index (χ3v) is 3.35. The topological polar surface area (TPSA) is 21.3 Å². The first-order valence-electron chi connectivity index (χ1n) is 6.91. The second kappa shape index (κ2) is 8.28. The van der Waals surface area contributed by atoms with E-state index in [1.54, 1.807) is 7.11 Å². The van der Waals surface area contributed by atoms with Crippen LogP contribution in [-0.4, -0.2) is 26.8 Å². The molecule has 1 rings (SSSR count). The van der Waals surface area contributed by atoms with E-state index < -0.39 is 0 Å². The van der Waals surface area contributed by atoms with Crippen LogP contribution in [0.5, 0.6) is 0 Å². The largest absolute Gasteiger partial charge is 0.383 e. The Morgan fingerprint density at radius 1 is 1.00 bits per heavy atom. The predicted octanol–water partition coefficient (Wildman–Crippen LogP) is 3.17. The highest BCUT2D eigenvalue weighted by molar-refractivity contribution is 5.37. The summed E-state index contributed by atoms with van der Waals surface area (Å²) in [6.45, 7) is 9.48. The van der Waals surface area contributed by atoms with E-state index in [9.17, 15) is 0 Å². The highest BCUT2D eigenvalue weighted by atomic mass is 16.5. The number of methoxy groups -OCH3 is 1. The lowest BCUT2D eigenvalue weighted by molar-refractivity contribution is 0.199. The quantitative estimate of drug-likeness (QED) is 0.715. The number of nitrogens with one attached hydrogen (secondary N) is 1. The molecule has 1 aromatic rings. The molecule has 0 aromatic heterocycles. The summed E-state index contributed by atoms with van der Waals surface area (Å²) in [7, 11) is 1.74. The summed E-state index contributed by atoms with van der Waals surface area (Å²) >= 11 is 0. The standard InChI is InChI=1S/C16H27NO/c1-13-11-14(2)16(15(3)12-13)7-5-6-8-17-9-10-18-4/h11-12,17H,5-10H2,1-4H3. The van der Waals surface area contributed by atoms with E-state index >= 15 is 0 Å². The Labute approximate surface area is 112 Å². The first kappa shape index (κ1) is 15.2. The van der Waals surface area contributed by atoms with Gasteiger partial charge in [-0.1, -0.05) is 17.7 Å². The van der Waals surface area contributed by atoms with Crippen LogP contribution in [0, 0.1) is 20.8 Å². The Morgan fingerprint density at radius 3 is 2.28 bits per heavy atom. The summed E-state index contributed by atoms with van der Waals surface area (Å²) in [4.78, 5) is 0. The molecule has 0 aliphatic heterocycles. The number of hydrogen-bond donors (Lipinski definition) is 1. The molecule has 0 aliphatic rings. The number of benzene rings is 1. The molecular weight excluding hydrogens is 222 g/mol. The van der Waals surface area contributed by atoms with Crippen LogP contribution in [0.4, 0.5) is 0 Å². The zero-order valence-corrected chi connectivity index (χ0v) is 12.3. The van der Waals surface area contributed by atoms with Crippen molar-refractivity contribution in [2.75, 3.05) is 26.8 Å². The molecule has 102 valence electrons. The van der Waals surface area contributed by atoms with Gasteiger partial charge in [0.2, 0.25) is 0 Å². The van der Waals surface area contributed by atoms with Crippen molar-refractivity contribution in [1.82, 2.24) is 5.32 Å². The van der Waals surface area contributed by atoms with Crippen LogP contribution in [-0.2, 0) is 11.2 Å². The first-order chi connectivity index (χ1) is 8.65. The smallest absolute Gasteiger partial charge is 0.0587 e. The van der Waals surface area contributed by atoms with E-state index in [0.717, 1.165) is 19.7 Å². The second-order valence-corrected chi connectivity index (χ2v) is 5.08. The minimum absolute atomic E-state index is 0.802. The van der Waals surface area contributed by atoms with Gasteiger partial charge in [0.05, 0.1) is 6.61 Å². The van der Waals surface area contributed by atoms with Crippen LogP contribution in [0.25, 0.3) is 0 Å². The van der Waals surface area contributed by atoms with Gasteiger partial charge in [-0.15, -0.1) is 0 Å². The van der Waals surface area contributed by atoms with Gasteiger partial charge in [-0.05, 0) is 63.3 Å². The van der Waals surface area contributed by atoms with E-state index in [4.69, 9.17) is 4.74 Å². The Kier molecular flexibility index (Phi) is 6.99. The molecule has 0 aliphatic carbocycles. The van der Waals surface area contributed by atoms with Gasteiger partial charge in [-0.3, -0.25) is 0 Å². The molecule has 0 amide bonds. The van der Waals surface area contributed by atoms with Crippen LogP contribution >= 0.6 is 0 Å². The van der Waals surface area contributed by atoms with Crippen LogP contribution in [0.3, 0.4) is 0 Å². The fourth-order valence-corrected chi connectivity index (χ4v) is 2.46. The maximum Gasteiger partial charge on any atom is 0.0587 e. The average Bonchev–Trinajstić information content (AvgIpc) is 2.30. The van der Waals surface area contributed by atoms with Crippen molar-refractivity contribution >= 4 is 0 Å². The van der Waals surface area contributed by atoms with Crippen molar-refractivity contribution in [3.8, 4) is 0 Å². The highest BCUT2D eigenvalue weighted by Gasteiger charge is 2.03. The van der Waals surface area contributed by atoms with Gasteiger partial charge >= 0.3 is 0 Å². The SMILES string of the molecule is COCCNCCCCc1c(C)cc(C)cc1C. The lowest BCUT2D eigenvalue weighted by Gasteiger charge is -2.11. The predicted molar refractivity (Wildman–Crippen MR) is 78.3 cm³/mol. The van der Waals surface area contributed by atoms with Crippen molar-refractivity contribution < 1.29 is 4.74 Å². The van der Waals surface area contributed by atoms with Crippen LogP contribution in [0.15, 0.2) is 12.1 Å². The number of aryl methyl sites for hydroxylation is 3. The maximum absolute atomic E-state index is 5.00. The molecule has 0 saturated carbocycles. The van der Waals surface area contributed by atoms with E-state index in [2.05, 4.69) is 38.2 Å². The van der Waals surface area contributed by atoms with Gasteiger partial charge in [0, 0.05) is 13.7 Å². The minimum Gasteiger partial charge on any atom is -0.383 e. The number of ether oxygens (including phenoxy) is 1. The van der Waals surface area contributed by atoms with E-state index in [1.807, 2.05) is 0 Å². The average molecular weight is 249 g/mol. The van der Waals surface area contributed by atoms with Gasteiger partial charge in [-0.25, -0.2) is 0 Å². The molecule has 0 atom stereocenters. The second-order valence-electron chi connectivity index (χ2n) is 5.08. The van der Waals surface area contributed by atoms with Gasteiger partial charge in [0.15, 0.2) is 0 Å². The zero-order chi connectivity index (χ0) is 13.4. The highest BCUT2D eigenvalue weighted by Crippen LogP contribution is 2.18. The van der Waals surface area contributed by atoms with Crippen molar-refractivity contribution in [3.63, 3.8) is 0 Å². The molecule has 2 heteroatoms. The van der Waals surface area contributed by atoms with Crippen molar-refractivity contribution in [3.05, 3.63) is 34.4 Å². The summed E-state index contributed by atoms with van der Waals surface area (Å²) in [5, 5.41) is 3.39. The molecule has 0 heterocycles. The van der Waals surface area contributed by atoms with Crippen LogP contribution < -0.4 is 5.32 Å². The molecule has 0 spiro atoms. The van der Waals surface area contributed by atoms with E-state index in [0.29, 0.717) is 0 Å². The fraction of sp³-hybridized carbons (Fsp3) is 0.625. The Balaban J connectivity index is 2.27. The van der Waals surface area contributed by atoms with Crippen molar-refractivity contribution in [2.24, 2.45) is 0 Å². The summed E-state index contributed by atoms with van der Waals surface area (Å²) < 4.78 is 5.00. The third-order valence-electron chi connectivity index (χ3n) is 3.35. The number of hydrogen-bond acceptors (Lipinski definition) is 2. The molecule has 2 nitrogen and oxygen atoms in total. The minimum atomic E-state index is 0.802. The lowest BCUT2D eigenvalue weighted by Crippen LogP contribution is -2.20. The third kappa shape index (κ3) is 5.19. The Morgan fingerprint density at radius 2 is 1.67 bits per heavy atom. The molecule has 0 unspecified atom stereocenters. The van der Waals surface area contributed by atoms with Gasteiger partial charge in [0.25, 0.3) is 0 Å². The molecular formula is C16H27NO. The zero-order valence-electron chi connectivity index (χ0n) is 12.3. The number of unbranched alkanes of at least 4 members (excludes halogenated alkanes) is 1. The van der Waals surface area contributed by atoms with Gasteiger partial charge < -0.3 is 10.1 Å². The molecule has 1 aromatic carbocycles. The fourth-order valence-electron chi connectivity index (χ4n) is 2.46. The molecule has 1 N–H and O–H groups in total. The van der Waals surface area contributed by atoms with E-state index in [-0.39, 0.29) is 0 Å². The first-order valence-corrected chi connectivity index (χ1v) is 6.91. The molecule has 18 heavy (non-hydrogen) atoms. The monoisotopic (exact) mass is 249 g/mol. The van der Waals surface area contributed by atoms with Crippen LogP contribution in [0.1, 0.15) is 35.1 Å².